The van der Waals surface area contributed by atoms with Crippen LogP contribution < -0.4 is 10.2 Å². The summed E-state index contributed by atoms with van der Waals surface area (Å²) in [6, 6.07) is 0. The Morgan fingerprint density at radius 1 is 0.633 bits per heavy atom. The van der Waals surface area contributed by atoms with Crippen molar-refractivity contribution in [2.24, 2.45) is 0 Å². The van der Waals surface area contributed by atoms with Crippen LogP contribution in [0.25, 0.3) is 0 Å². The monoisotopic (exact) mass is 530 g/mol. The van der Waals surface area contributed by atoms with Gasteiger partial charge in [-0.2, -0.15) is 0 Å². The second kappa shape index (κ2) is 26.5. The molecule has 0 rings (SSSR count). The molecule has 0 saturated heterocycles. The van der Waals surface area contributed by atoms with Gasteiger partial charge < -0.3 is 19.8 Å². The van der Waals surface area contributed by atoms with Crippen molar-refractivity contribution in [2.45, 2.75) is 132 Å². The molecule has 30 heavy (non-hydrogen) atoms. The molecule has 0 aliphatic heterocycles. The van der Waals surface area contributed by atoms with Crippen LogP contribution in [0.4, 0.5) is 0 Å². The van der Waals surface area contributed by atoms with Crippen molar-refractivity contribution in [3.8, 4) is 0 Å². The third kappa shape index (κ3) is 27.5. The van der Waals surface area contributed by atoms with Gasteiger partial charge in [0.05, 0.1) is 11.9 Å². The zero-order valence-corrected chi connectivity index (χ0v) is 22.8. The molecule has 0 radical (unpaired) electrons. The first-order chi connectivity index (χ1) is 14.5. The zero-order valence-electron chi connectivity index (χ0n) is 19.9. The number of unbranched alkanes of at least 4 members (excludes halogenated alkanes) is 12. The Balaban J connectivity index is 0. The Morgan fingerprint density at radius 2 is 1.03 bits per heavy atom. The maximum atomic E-state index is 10.7. The molecule has 0 unspecified atom stereocenters. The van der Waals surface area contributed by atoms with Crippen LogP contribution in [0.15, 0.2) is 11.6 Å². The van der Waals surface area contributed by atoms with Gasteiger partial charge in [0.15, 0.2) is 0 Å². The van der Waals surface area contributed by atoms with Crippen LogP contribution >= 0.6 is 0 Å². The quantitative estimate of drug-likeness (QED) is 0.123. The van der Waals surface area contributed by atoms with Gasteiger partial charge in [-0.25, -0.2) is 0 Å². The minimum atomic E-state index is -1.47. The molecule has 5 heteroatoms. The maximum absolute atomic E-state index is 10.7. The van der Waals surface area contributed by atoms with Gasteiger partial charge in [0, 0.05) is 0 Å². The molecule has 4 nitrogen and oxygen atoms in total. The first-order valence-electron chi connectivity index (χ1n) is 12.3. The Kier molecular flexibility index (Phi) is 28.0. The van der Waals surface area contributed by atoms with Gasteiger partial charge in [-0.3, -0.25) is 0 Å². The number of hydrogen-bond acceptors (Lipinski definition) is 4. The Hall–Kier alpha value is -0.521. The predicted octanol–water partition coefficient (Wildman–Crippen LogP) is 5.24. The average molecular weight is 529 g/mol. The van der Waals surface area contributed by atoms with Crippen molar-refractivity contribution < 1.29 is 19.8 Å². The van der Waals surface area contributed by atoms with E-state index < -0.39 is 11.9 Å². The average Bonchev–Trinajstić information content (AvgIpc) is 2.71. The van der Waals surface area contributed by atoms with Gasteiger partial charge in [-0.15, -0.1) is 0 Å². The first-order valence-corrected chi connectivity index (χ1v) is 16.4. The summed E-state index contributed by atoms with van der Waals surface area (Å²) in [4.78, 5) is 21.0. The van der Waals surface area contributed by atoms with E-state index in [9.17, 15) is 19.8 Å². The predicted molar refractivity (Wildman–Crippen MR) is 124 cm³/mol. The first kappa shape index (κ1) is 31.7. The van der Waals surface area contributed by atoms with Crippen LogP contribution in [0.1, 0.15) is 124 Å². The normalized spacial score (nSPS) is 10.8. The van der Waals surface area contributed by atoms with Gasteiger partial charge in [-0.05, 0) is 24.5 Å². The molecule has 0 aromatic carbocycles. The van der Waals surface area contributed by atoms with E-state index in [1.807, 2.05) is 0 Å². The van der Waals surface area contributed by atoms with Crippen LogP contribution in [0, 0.1) is 0 Å². The van der Waals surface area contributed by atoms with Crippen LogP contribution in [0.5, 0.6) is 0 Å². The summed E-state index contributed by atoms with van der Waals surface area (Å²) in [5.41, 5.74) is -0.175. The molecule has 0 aliphatic carbocycles. The number of carbonyl (C=O) groups excluding carboxylic acids is 2. The molecule has 0 heterocycles. The van der Waals surface area contributed by atoms with E-state index >= 15 is 0 Å². The molecule has 0 aromatic heterocycles. The van der Waals surface area contributed by atoms with Gasteiger partial charge in [-0.1, -0.05) is 71.1 Å². The molecule has 0 N–H and O–H groups in total. The summed E-state index contributed by atoms with van der Waals surface area (Å²) >= 11 is 0.149. The number of carbonyl (C=O) groups is 2. The molecular formula is C25H46O4Sn. The fraction of sp³-hybridized carbons (Fsp3) is 0.840. The van der Waals surface area contributed by atoms with Crippen molar-refractivity contribution in [3.05, 3.63) is 11.6 Å². The zero-order chi connectivity index (χ0) is 22.9. The number of hydrogen-bond donors (Lipinski definition) is 0. The van der Waals surface area contributed by atoms with E-state index in [0.717, 1.165) is 12.8 Å². The summed E-state index contributed by atoms with van der Waals surface area (Å²) in [5.74, 6) is -2.89. The van der Waals surface area contributed by atoms with Crippen molar-refractivity contribution in [3.63, 3.8) is 0 Å². The van der Waals surface area contributed by atoms with Crippen molar-refractivity contribution in [2.75, 3.05) is 0 Å². The summed E-state index contributed by atoms with van der Waals surface area (Å²) in [5, 5.41) is 21.0. The third-order valence-electron chi connectivity index (χ3n) is 5.02. The van der Waals surface area contributed by atoms with Gasteiger partial charge in [0.2, 0.25) is 0 Å². The fourth-order valence-electron chi connectivity index (χ4n) is 3.08. The number of aliphatic carboxylic acids is 2. The van der Waals surface area contributed by atoms with E-state index in [4.69, 9.17) is 0 Å². The Bertz CT molecular complexity index is 415. The van der Waals surface area contributed by atoms with Gasteiger partial charge in [0.25, 0.3) is 0 Å². The second-order valence-electron chi connectivity index (χ2n) is 8.02. The molecule has 0 fully saturated rings. The molecule has 0 saturated carbocycles. The van der Waals surface area contributed by atoms with Crippen LogP contribution in [-0.2, 0) is 9.59 Å². The van der Waals surface area contributed by atoms with Crippen LogP contribution in [-0.4, -0.2) is 33.1 Å². The topological polar surface area (TPSA) is 80.3 Å². The molecule has 0 spiro atoms. The second-order valence-corrected chi connectivity index (χ2v) is 12.3. The standard InChI is InChI=1S/C17H30O4.2C4H9.Sn/c1-2-3-4-5-6-7-8-9-10-11-12-13-15(17(20)21)14-16(18)19;2*1-3-4-2;/h14H,2-13H2,1H3,(H,18,19)(H,20,21);2*1,3-4H2,2H3;/q;;;+2/p-2/b15-14-;;;. The Labute approximate surface area is 196 Å². The summed E-state index contributed by atoms with van der Waals surface area (Å²) in [6.45, 7) is 6.80. The summed E-state index contributed by atoms with van der Waals surface area (Å²) < 4.78 is 3.25. The van der Waals surface area contributed by atoms with Crippen molar-refractivity contribution in [1.82, 2.24) is 0 Å². The van der Waals surface area contributed by atoms with E-state index in [1.54, 1.807) is 8.87 Å². The summed E-state index contributed by atoms with van der Waals surface area (Å²) in [7, 11) is 0. The molecule has 0 atom stereocenters. The SMILES string of the molecule is CCCCCCCCCCCCC/C(=C/C(=O)[O-])C(=O)[O-].CCC[CH2][Sn+2][CH2]CCC. The third-order valence-corrected chi connectivity index (χ3v) is 9.05. The van der Waals surface area contributed by atoms with E-state index in [0.29, 0.717) is 12.5 Å². The van der Waals surface area contributed by atoms with E-state index in [-0.39, 0.29) is 33.1 Å². The number of rotatable bonds is 20. The molecule has 0 aliphatic rings. The van der Waals surface area contributed by atoms with Crippen LogP contribution in [0.2, 0.25) is 8.87 Å². The van der Waals surface area contributed by atoms with Gasteiger partial charge in [0.1, 0.15) is 0 Å². The molecule has 0 amide bonds. The van der Waals surface area contributed by atoms with E-state index in [1.165, 1.54) is 77.0 Å². The summed E-state index contributed by atoms with van der Waals surface area (Å²) in [6.07, 6.45) is 19.7. The molecule has 0 bridgehead atoms. The Morgan fingerprint density at radius 3 is 1.40 bits per heavy atom. The van der Waals surface area contributed by atoms with Crippen LogP contribution in [0.3, 0.4) is 0 Å². The van der Waals surface area contributed by atoms with Gasteiger partial charge >= 0.3 is 69.5 Å². The fourth-order valence-corrected chi connectivity index (χ4v) is 7.24. The van der Waals surface area contributed by atoms with Crippen molar-refractivity contribution in [1.29, 1.82) is 0 Å². The van der Waals surface area contributed by atoms with Crippen molar-refractivity contribution >= 4 is 33.1 Å². The molecule has 174 valence electrons. The number of carboxylic acids is 2. The minimum absolute atomic E-state index is 0.149. The molecule has 0 aromatic rings. The molecular weight excluding hydrogens is 483 g/mol. The van der Waals surface area contributed by atoms with E-state index in [2.05, 4.69) is 20.8 Å². The number of carboxylic acid groups (broad SMARTS) is 2.